The van der Waals surface area contributed by atoms with Crippen LogP contribution in [-0.2, 0) is 0 Å². The average Bonchev–Trinajstić information content (AvgIpc) is 2.36. The molecular formula is C14H12BrClFN. The molecule has 0 saturated heterocycles. The molecule has 0 aliphatic rings. The van der Waals surface area contributed by atoms with Crippen LogP contribution in [0.3, 0.4) is 0 Å². The highest BCUT2D eigenvalue weighted by Crippen LogP contribution is 2.32. The van der Waals surface area contributed by atoms with Gasteiger partial charge in [0.1, 0.15) is 5.82 Å². The van der Waals surface area contributed by atoms with E-state index in [1.807, 2.05) is 31.3 Å². The van der Waals surface area contributed by atoms with Crippen LogP contribution < -0.4 is 5.32 Å². The van der Waals surface area contributed by atoms with Gasteiger partial charge in [-0.2, -0.15) is 0 Å². The molecule has 1 N–H and O–H groups in total. The Morgan fingerprint density at radius 3 is 2.56 bits per heavy atom. The van der Waals surface area contributed by atoms with Crippen LogP contribution in [0.4, 0.5) is 4.39 Å². The molecule has 2 rings (SSSR count). The van der Waals surface area contributed by atoms with Crippen molar-refractivity contribution in [3.05, 3.63) is 68.9 Å². The molecule has 0 bridgehead atoms. The fourth-order valence-electron chi connectivity index (χ4n) is 1.92. The molecule has 4 heteroatoms. The van der Waals surface area contributed by atoms with E-state index in [1.165, 1.54) is 12.1 Å². The van der Waals surface area contributed by atoms with Crippen LogP contribution in [0.15, 0.2) is 46.9 Å². The van der Waals surface area contributed by atoms with Crippen molar-refractivity contribution in [1.82, 2.24) is 5.32 Å². The fourth-order valence-corrected chi connectivity index (χ4v) is 2.64. The molecule has 0 radical (unpaired) electrons. The van der Waals surface area contributed by atoms with Crippen molar-refractivity contribution in [2.45, 2.75) is 6.04 Å². The van der Waals surface area contributed by atoms with Crippen LogP contribution >= 0.6 is 27.5 Å². The van der Waals surface area contributed by atoms with Crippen LogP contribution in [-0.4, -0.2) is 7.05 Å². The summed E-state index contributed by atoms with van der Waals surface area (Å²) in [5.41, 5.74) is 1.75. The second kappa shape index (κ2) is 5.83. The number of nitrogens with one attached hydrogen (secondary N) is 1. The van der Waals surface area contributed by atoms with E-state index in [1.54, 1.807) is 6.07 Å². The quantitative estimate of drug-likeness (QED) is 0.871. The predicted molar refractivity (Wildman–Crippen MR) is 76.5 cm³/mol. The van der Waals surface area contributed by atoms with E-state index in [-0.39, 0.29) is 11.9 Å². The SMILES string of the molecule is CNC(c1ccccc1Cl)c1cc(F)ccc1Br. The van der Waals surface area contributed by atoms with Gasteiger partial charge < -0.3 is 5.32 Å². The summed E-state index contributed by atoms with van der Waals surface area (Å²) in [6.07, 6.45) is 0. The molecule has 1 nitrogen and oxygen atoms in total. The third-order valence-corrected chi connectivity index (χ3v) is 3.84. The molecule has 0 saturated carbocycles. The zero-order valence-electron chi connectivity index (χ0n) is 9.75. The highest BCUT2D eigenvalue weighted by atomic mass is 79.9. The monoisotopic (exact) mass is 327 g/mol. The van der Waals surface area contributed by atoms with E-state index in [4.69, 9.17) is 11.6 Å². The van der Waals surface area contributed by atoms with Crippen molar-refractivity contribution in [2.75, 3.05) is 7.05 Å². The number of hydrogen-bond donors (Lipinski definition) is 1. The van der Waals surface area contributed by atoms with Crippen LogP contribution in [0, 0.1) is 5.82 Å². The van der Waals surface area contributed by atoms with Crippen LogP contribution in [0.25, 0.3) is 0 Å². The number of benzene rings is 2. The Balaban J connectivity index is 2.52. The lowest BCUT2D eigenvalue weighted by Gasteiger charge is -2.20. The summed E-state index contributed by atoms with van der Waals surface area (Å²) in [7, 11) is 1.82. The van der Waals surface area contributed by atoms with Gasteiger partial charge in [0, 0.05) is 9.50 Å². The number of halogens is 3. The topological polar surface area (TPSA) is 12.0 Å². The van der Waals surface area contributed by atoms with Crippen LogP contribution in [0.1, 0.15) is 17.2 Å². The first-order chi connectivity index (χ1) is 8.63. The second-order valence-corrected chi connectivity index (χ2v) is 5.17. The molecule has 0 amide bonds. The van der Waals surface area contributed by atoms with E-state index in [0.29, 0.717) is 5.02 Å². The molecule has 0 aliphatic carbocycles. The second-order valence-electron chi connectivity index (χ2n) is 3.91. The van der Waals surface area contributed by atoms with Gasteiger partial charge in [0.2, 0.25) is 0 Å². The molecule has 1 unspecified atom stereocenters. The molecule has 2 aromatic carbocycles. The number of hydrogen-bond acceptors (Lipinski definition) is 1. The van der Waals surface area contributed by atoms with Crippen molar-refractivity contribution in [3.8, 4) is 0 Å². The maximum atomic E-state index is 13.4. The lowest BCUT2D eigenvalue weighted by Crippen LogP contribution is -2.18. The third-order valence-electron chi connectivity index (χ3n) is 2.77. The van der Waals surface area contributed by atoms with Gasteiger partial charge in [0.25, 0.3) is 0 Å². The molecule has 0 spiro atoms. The molecule has 1 atom stereocenters. The Morgan fingerprint density at radius 2 is 1.89 bits per heavy atom. The molecule has 2 aromatic rings. The molecule has 94 valence electrons. The summed E-state index contributed by atoms with van der Waals surface area (Å²) >= 11 is 9.63. The van der Waals surface area contributed by atoms with Crippen molar-refractivity contribution >= 4 is 27.5 Å². The largest absolute Gasteiger partial charge is 0.309 e. The van der Waals surface area contributed by atoms with Crippen LogP contribution in [0.5, 0.6) is 0 Å². The highest BCUT2D eigenvalue weighted by molar-refractivity contribution is 9.10. The smallest absolute Gasteiger partial charge is 0.123 e. The zero-order chi connectivity index (χ0) is 13.1. The maximum absolute atomic E-state index is 13.4. The van der Waals surface area contributed by atoms with Crippen molar-refractivity contribution in [1.29, 1.82) is 0 Å². The Morgan fingerprint density at radius 1 is 1.17 bits per heavy atom. The Kier molecular flexibility index (Phi) is 4.38. The standard InChI is InChI=1S/C14H12BrClFN/c1-18-14(10-4-2-3-5-13(10)16)11-8-9(17)6-7-12(11)15/h2-8,14,18H,1H3. The minimum absolute atomic E-state index is 0.149. The minimum atomic E-state index is -0.263. The molecule has 0 fully saturated rings. The molecule has 0 aliphatic heterocycles. The first-order valence-electron chi connectivity index (χ1n) is 5.50. The number of rotatable bonds is 3. The Hall–Kier alpha value is -0.900. The summed E-state index contributed by atoms with van der Waals surface area (Å²) < 4.78 is 14.2. The van der Waals surface area contributed by atoms with E-state index in [0.717, 1.165) is 15.6 Å². The van der Waals surface area contributed by atoms with Gasteiger partial charge in [-0.1, -0.05) is 45.7 Å². The normalized spacial score (nSPS) is 12.4. The van der Waals surface area contributed by atoms with Gasteiger partial charge >= 0.3 is 0 Å². The first-order valence-corrected chi connectivity index (χ1v) is 6.67. The van der Waals surface area contributed by atoms with Crippen molar-refractivity contribution in [2.24, 2.45) is 0 Å². The van der Waals surface area contributed by atoms with Gasteiger partial charge in [0.15, 0.2) is 0 Å². The van der Waals surface area contributed by atoms with E-state index in [9.17, 15) is 4.39 Å². The lowest BCUT2D eigenvalue weighted by molar-refractivity contribution is 0.615. The summed E-state index contributed by atoms with van der Waals surface area (Å²) in [5.74, 6) is -0.263. The van der Waals surface area contributed by atoms with Gasteiger partial charge in [-0.15, -0.1) is 0 Å². The highest BCUT2D eigenvalue weighted by Gasteiger charge is 2.17. The lowest BCUT2D eigenvalue weighted by atomic mass is 9.99. The summed E-state index contributed by atoms with van der Waals surface area (Å²) in [5, 5.41) is 3.82. The van der Waals surface area contributed by atoms with Crippen LogP contribution in [0.2, 0.25) is 5.02 Å². The van der Waals surface area contributed by atoms with E-state index < -0.39 is 0 Å². The fraction of sp³-hybridized carbons (Fsp3) is 0.143. The summed E-state index contributed by atoms with van der Waals surface area (Å²) in [4.78, 5) is 0. The molecular weight excluding hydrogens is 317 g/mol. The third kappa shape index (κ3) is 2.74. The van der Waals surface area contributed by atoms with Gasteiger partial charge in [-0.3, -0.25) is 0 Å². The van der Waals surface area contributed by atoms with Gasteiger partial charge in [0.05, 0.1) is 6.04 Å². The van der Waals surface area contributed by atoms with Gasteiger partial charge in [-0.25, -0.2) is 4.39 Å². The zero-order valence-corrected chi connectivity index (χ0v) is 12.1. The van der Waals surface area contributed by atoms with Crippen molar-refractivity contribution < 1.29 is 4.39 Å². The summed E-state index contributed by atoms with van der Waals surface area (Å²) in [6.45, 7) is 0. The molecule has 18 heavy (non-hydrogen) atoms. The van der Waals surface area contributed by atoms with Crippen molar-refractivity contribution in [3.63, 3.8) is 0 Å². The molecule has 0 heterocycles. The molecule has 0 aromatic heterocycles. The average molecular weight is 329 g/mol. The van der Waals surface area contributed by atoms with E-state index >= 15 is 0 Å². The maximum Gasteiger partial charge on any atom is 0.123 e. The van der Waals surface area contributed by atoms with Gasteiger partial charge in [-0.05, 0) is 42.4 Å². The predicted octanol–water partition coefficient (Wildman–Crippen LogP) is 4.55. The first kappa shape index (κ1) is 13.5. The van der Waals surface area contributed by atoms with E-state index in [2.05, 4.69) is 21.2 Å². The Labute approximate surface area is 119 Å². The minimum Gasteiger partial charge on any atom is -0.309 e. The summed E-state index contributed by atoms with van der Waals surface area (Å²) in [6, 6.07) is 12.0. The Bertz CT molecular complexity index is 559.